The Morgan fingerprint density at radius 2 is 2.20 bits per heavy atom. The second-order valence-electron chi connectivity index (χ2n) is 4.84. The van der Waals surface area contributed by atoms with Crippen LogP contribution in [0.2, 0.25) is 0 Å². The molecular weight excluding hydrogens is 290 g/mol. The van der Waals surface area contributed by atoms with E-state index in [1.54, 1.807) is 11.3 Å². The van der Waals surface area contributed by atoms with Gasteiger partial charge in [-0.15, -0.1) is 22.9 Å². The van der Waals surface area contributed by atoms with Gasteiger partial charge in [-0.2, -0.15) is 0 Å². The van der Waals surface area contributed by atoms with Crippen molar-refractivity contribution >= 4 is 34.0 Å². The lowest BCUT2D eigenvalue weighted by atomic mass is 10.2. The number of aromatic nitrogens is 3. The minimum absolute atomic E-state index is 0.596. The molecule has 0 unspecified atom stereocenters. The van der Waals surface area contributed by atoms with Crippen LogP contribution in [0.5, 0.6) is 0 Å². The first kappa shape index (κ1) is 13.6. The van der Waals surface area contributed by atoms with Crippen molar-refractivity contribution in [3.8, 4) is 0 Å². The van der Waals surface area contributed by atoms with Crippen LogP contribution in [-0.4, -0.2) is 20.4 Å². The monoisotopic (exact) mass is 305 g/mol. The van der Waals surface area contributed by atoms with Gasteiger partial charge in [-0.3, -0.25) is 0 Å². The van der Waals surface area contributed by atoms with Gasteiger partial charge in [0, 0.05) is 30.6 Å². The minimum Gasteiger partial charge on any atom is -0.328 e. The van der Waals surface area contributed by atoms with Crippen LogP contribution < -0.4 is 0 Å². The highest BCUT2D eigenvalue weighted by molar-refractivity contribution is 7.07. The van der Waals surface area contributed by atoms with Gasteiger partial charge in [0.25, 0.3) is 0 Å². The van der Waals surface area contributed by atoms with Gasteiger partial charge < -0.3 is 4.57 Å². The van der Waals surface area contributed by atoms with E-state index in [-0.39, 0.29) is 0 Å². The fraction of sp³-hybridized carbons (Fsp3) is 0.333. The summed E-state index contributed by atoms with van der Waals surface area (Å²) in [5, 5.41) is 2.10. The summed E-state index contributed by atoms with van der Waals surface area (Å²) >= 11 is 7.54. The van der Waals surface area contributed by atoms with Crippen molar-refractivity contribution in [2.75, 3.05) is 5.88 Å². The molecule has 0 saturated heterocycles. The van der Waals surface area contributed by atoms with Crippen molar-refractivity contribution in [2.45, 2.75) is 26.3 Å². The second kappa shape index (κ2) is 5.94. The van der Waals surface area contributed by atoms with Crippen LogP contribution >= 0.6 is 22.9 Å². The Hall–Kier alpha value is -1.39. The average Bonchev–Trinajstić information content (AvgIpc) is 3.04. The third-order valence-corrected chi connectivity index (χ3v) is 4.20. The van der Waals surface area contributed by atoms with E-state index in [2.05, 4.69) is 40.1 Å². The van der Waals surface area contributed by atoms with Crippen molar-refractivity contribution < 1.29 is 0 Å². The van der Waals surface area contributed by atoms with Gasteiger partial charge in [-0.05, 0) is 24.6 Å². The lowest BCUT2D eigenvalue weighted by Crippen LogP contribution is -2.07. The first-order chi connectivity index (χ1) is 9.78. The zero-order chi connectivity index (χ0) is 13.9. The van der Waals surface area contributed by atoms with Gasteiger partial charge in [0.2, 0.25) is 0 Å². The summed E-state index contributed by atoms with van der Waals surface area (Å²) in [7, 11) is 0. The Morgan fingerprint density at radius 3 is 2.95 bits per heavy atom. The van der Waals surface area contributed by atoms with Crippen LogP contribution in [0.15, 0.2) is 29.1 Å². The van der Waals surface area contributed by atoms with Crippen LogP contribution in [0.25, 0.3) is 11.0 Å². The Kier molecular flexibility index (Phi) is 4.03. The van der Waals surface area contributed by atoms with Gasteiger partial charge in [0.1, 0.15) is 5.82 Å². The highest BCUT2D eigenvalue weighted by Gasteiger charge is 2.10. The molecule has 0 aliphatic carbocycles. The average molecular weight is 306 g/mol. The number of hydrogen-bond acceptors (Lipinski definition) is 3. The van der Waals surface area contributed by atoms with Crippen LogP contribution in [0.1, 0.15) is 17.1 Å². The molecule has 3 nitrogen and oxygen atoms in total. The Balaban J connectivity index is 1.96. The summed E-state index contributed by atoms with van der Waals surface area (Å²) in [5.41, 5.74) is 6.52. The van der Waals surface area contributed by atoms with Crippen LogP contribution in [0.4, 0.5) is 0 Å². The van der Waals surface area contributed by atoms with Gasteiger partial charge >= 0.3 is 0 Å². The quantitative estimate of drug-likeness (QED) is 0.671. The summed E-state index contributed by atoms with van der Waals surface area (Å²) < 4.78 is 2.28. The summed E-state index contributed by atoms with van der Waals surface area (Å²) in [4.78, 5) is 9.05. The molecule has 1 aromatic carbocycles. The first-order valence-electron chi connectivity index (χ1n) is 6.66. The molecule has 3 rings (SSSR count). The number of hydrogen-bond donors (Lipinski definition) is 0. The fourth-order valence-electron chi connectivity index (χ4n) is 2.39. The smallest absolute Gasteiger partial charge is 0.111 e. The summed E-state index contributed by atoms with van der Waals surface area (Å²) in [6, 6.07) is 6.38. The molecule has 0 atom stereocenters. The maximum Gasteiger partial charge on any atom is 0.111 e. The van der Waals surface area contributed by atoms with E-state index in [0.717, 1.165) is 36.4 Å². The Morgan fingerprint density at radius 1 is 1.30 bits per heavy atom. The molecule has 0 fully saturated rings. The molecule has 0 amide bonds. The molecule has 0 aliphatic rings. The van der Waals surface area contributed by atoms with Gasteiger partial charge in [0.15, 0.2) is 0 Å². The highest BCUT2D eigenvalue weighted by Crippen LogP contribution is 2.19. The molecule has 0 N–H and O–H groups in total. The summed E-state index contributed by atoms with van der Waals surface area (Å²) in [5.74, 6) is 1.66. The molecule has 0 spiro atoms. The van der Waals surface area contributed by atoms with E-state index in [0.29, 0.717) is 5.88 Å². The van der Waals surface area contributed by atoms with E-state index in [4.69, 9.17) is 16.6 Å². The van der Waals surface area contributed by atoms with Crippen LogP contribution in [-0.2, 0) is 19.4 Å². The number of thiazole rings is 1. The number of alkyl halides is 1. The summed E-state index contributed by atoms with van der Waals surface area (Å²) in [6.45, 7) is 3.01. The molecule has 20 heavy (non-hydrogen) atoms. The van der Waals surface area contributed by atoms with Gasteiger partial charge in [-0.25, -0.2) is 9.97 Å². The number of rotatable bonds is 5. The van der Waals surface area contributed by atoms with E-state index in [1.807, 2.05) is 5.51 Å². The number of fused-ring (bicyclic) bond motifs is 1. The zero-order valence-electron chi connectivity index (χ0n) is 11.3. The van der Waals surface area contributed by atoms with Gasteiger partial charge in [-0.1, -0.05) is 6.07 Å². The topological polar surface area (TPSA) is 30.7 Å². The van der Waals surface area contributed by atoms with Crippen molar-refractivity contribution in [3.63, 3.8) is 0 Å². The van der Waals surface area contributed by atoms with Crippen molar-refractivity contribution in [1.29, 1.82) is 0 Å². The molecule has 5 heteroatoms. The second-order valence-corrected chi connectivity index (χ2v) is 5.94. The van der Waals surface area contributed by atoms with Crippen LogP contribution in [0, 0.1) is 6.92 Å². The number of nitrogens with zero attached hydrogens (tertiary/aromatic N) is 3. The molecular formula is C15H16ClN3S. The Bertz CT molecular complexity index is 703. The third kappa shape index (κ3) is 2.72. The van der Waals surface area contributed by atoms with E-state index >= 15 is 0 Å². The molecule has 0 aliphatic heterocycles. The molecule has 104 valence electrons. The zero-order valence-corrected chi connectivity index (χ0v) is 12.9. The number of halogens is 1. The maximum atomic E-state index is 5.90. The van der Waals surface area contributed by atoms with E-state index in [1.165, 1.54) is 11.1 Å². The normalized spacial score (nSPS) is 11.3. The summed E-state index contributed by atoms with van der Waals surface area (Å²) in [6.07, 6.45) is 1.73. The first-order valence-corrected chi connectivity index (χ1v) is 8.14. The van der Waals surface area contributed by atoms with E-state index in [9.17, 15) is 0 Å². The predicted molar refractivity (Wildman–Crippen MR) is 84.7 cm³/mol. The van der Waals surface area contributed by atoms with Crippen molar-refractivity contribution in [2.24, 2.45) is 0 Å². The van der Waals surface area contributed by atoms with E-state index < -0.39 is 0 Å². The Labute approximate surface area is 127 Å². The predicted octanol–water partition coefficient (Wildman–Crippen LogP) is 3.83. The fourth-order valence-corrected chi connectivity index (χ4v) is 3.16. The van der Waals surface area contributed by atoms with Crippen molar-refractivity contribution in [1.82, 2.24) is 14.5 Å². The standard InChI is InChI=1S/C15H16ClN3S/c1-11-2-3-13-14(8-11)19(15(18-13)4-6-16)7-5-12-9-20-10-17-12/h2-3,8-10H,4-7H2,1H3. The molecule has 0 bridgehead atoms. The highest BCUT2D eigenvalue weighted by atomic mass is 35.5. The molecule has 2 aromatic heterocycles. The lowest BCUT2D eigenvalue weighted by Gasteiger charge is -2.07. The molecule has 0 saturated carbocycles. The number of aryl methyl sites for hydroxylation is 4. The minimum atomic E-state index is 0.596. The maximum absolute atomic E-state index is 5.90. The number of imidazole rings is 1. The van der Waals surface area contributed by atoms with Crippen LogP contribution in [0.3, 0.4) is 0 Å². The van der Waals surface area contributed by atoms with Gasteiger partial charge in [0.05, 0.1) is 22.2 Å². The molecule has 2 heterocycles. The number of benzene rings is 1. The molecule has 3 aromatic rings. The van der Waals surface area contributed by atoms with Crippen molar-refractivity contribution in [3.05, 3.63) is 46.2 Å². The third-order valence-electron chi connectivity index (χ3n) is 3.38. The lowest BCUT2D eigenvalue weighted by molar-refractivity contribution is 0.668. The largest absolute Gasteiger partial charge is 0.328 e. The molecule has 0 radical (unpaired) electrons. The SMILES string of the molecule is Cc1ccc2nc(CCCl)n(CCc3cscn3)c2c1.